The van der Waals surface area contributed by atoms with Gasteiger partial charge in [-0.2, -0.15) is 0 Å². The van der Waals surface area contributed by atoms with E-state index in [-0.39, 0.29) is 18.2 Å². The number of carboxylic acids is 1. The topological polar surface area (TPSA) is 88.3 Å². The fourth-order valence-corrected chi connectivity index (χ4v) is 1.30. The number of ether oxygens (including phenoxy) is 1. The van der Waals surface area contributed by atoms with E-state index in [1.165, 1.54) is 0 Å². The summed E-state index contributed by atoms with van der Waals surface area (Å²) in [6.07, 6.45) is -0.386. The third-order valence-corrected chi connectivity index (χ3v) is 2.10. The lowest BCUT2D eigenvalue weighted by Crippen LogP contribution is -2.24. The van der Waals surface area contributed by atoms with Crippen LogP contribution in [0.2, 0.25) is 0 Å². The molecule has 88 valence electrons. The van der Waals surface area contributed by atoms with Crippen LogP contribution in [-0.2, 0) is 11.2 Å². The lowest BCUT2D eigenvalue weighted by molar-refractivity contribution is -0.305. The van der Waals surface area contributed by atoms with Crippen LogP contribution in [0.3, 0.4) is 0 Å². The summed E-state index contributed by atoms with van der Waals surface area (Å²) >= 11 is 0. The van der Waals surface area contributed by atoms with Crippen molar-refractivity contribution < 1.29 is 19.1 Å². The number of nitrogens with zero attached hydrogens (tertiary/aromatic N) is 2. The van der Waals surface area contributed by atoms with Crippen LogP contribution in [0.25, 0.3) is 11.5 Å². The standard InChI is InChI=1S/C11H10N2O4/c1-16-8-4-2-7(3-5-8)11-13-12-9(17-11)6-10(14)15/h2-5H,6H2,1H3,(H,14,15)/p-1. The molecular weight excluding hydrogens is 224 g/mol. The lowest BCUT2D eigenvalue weighted by Gasteiger charge is -1.99. The Hall–Kier alpha value is -2.37. The molecule has 0 atom stereocenters. The van der Waals surface area contributed by atoms with E-state index in [1.807, 2.05) is 0 Å². The molecule has 0 bridgehead atoms. The molecule has 0 aliphatic carbocycles. The number of carboxylic acid groups (broad SMARTS) is 1. The highest BCUT2D eigenvalue weighted by Gasteiger charge is 2.08. The molecule has 0 aliphatic heterocycles. The van der Waals surface area contributed by atoms with Gasteiger partial charge in [-0.15, -0.1) is 10.2 Å². The van der Waals surface area contributed by atoms with Gasteiger partial charge in [0.25, 0.3) is 0 Å². The molecule has 0 spiro atoms. The van der Waals surface area contributed by atoms with Gasteiger partial charge in [0.1, 0.15) is 5.75 Å². The summed E-state index contributed by atoms with van der Waals surface area (Å²) in [5.41, 5.74) is 0.697. The summed E-state index contributed by atoms with van der Waals surface area (Å²) in [4.78, 5) is 10.3. The minimum atomic E-state index is -1.25. The maximum Gasteiger partial charge on any atom is 0.247 e. The van der Waals surface area contributed by atoms with E-state index in [4.69, 9.17) is 9.15 Å². The number of methoxy groups -OCH3 is 1. The lowest BCUT2D eigenvalue weighted by atomic mass is 10.2. The molecular formula is C11H9N2O4-. The number of benzene rings is 1. The molecule has 1 aromatic heterocycles. The van der Waals surface area contributed by atoms with Gasteiger partial charge in [-0.1, -0.05) is 0 Å². The first-order valence-electron chi connectivity index (χ1n) is 4.85. The van der Waals surface area contributed by atoms with E-state index in [9.17, 15) is 9.90 Å². The summed E-state index contributed by atoms with van der Waals surface area (Å²) in [6.45, 7) is 0. The number of aromatic nitrogens is 2. The number of aliphatic carboxylic acids is 1. The fraction of sp³-hybridized carbons (Fsp3) is 0.182. The summed E-state index contributed by atoms with van der Waals surface area (Å²) in [7, 11) is 1.57. The first-order chi connectivity index (χ1) is 8.19. The molecule has 2 aromatic rings. The van der Waals surface area contributed by atoms with Crippen molar-refractivity contribution in [2.24, 2.45) is 0 Å². The molecule has 1 aromatic carbocycles. The Morgan fingerprint density at radius 1 is 1.35 bits per heavy atom. The van der Waals surface area contributed by atoms with Crippen molar-refractivity contribution in [1.29, 1.82) is 0 Å². The molecule has 1 heterocycles. The molecule has 0 amide bonds. The van der Waals surface area contributed by atoms with Crippen molar-refractivity contribution in [3.05, 3.63) is 30.2 Å². The van der Waals surface area contributed by atoms with Crippen LogP contribution in [-0.4, -0.2) is 23.3 Å². The molecule has 0 fully saturated rings. The van der Waals surface area contributed by atoms with Crippen molar-refractivity contribution in [2.75, 3.05) is 7.11 Å². The quantitative estimate of drug-likeness (QED) is 0.740. The Morgan fingerprint density at radius 2 is 2.06 bits per heavy atom. The van der Waals surface area contributed by atoms with Gasteiger partial charge >= 0.3 is 0 Å². The Labute approximate surface area is 96.9 Å². The summed E-state index contributed by atoms with van der Waals surface area (Å²) in [6, 6.07) is 6.99. The predicted octanol–water partition coefficient (Wildman–Crippen LogP) is 0.0376. The second kappa shape index (κ2) is 4.65. The monoisotopic (exact) mass is 233 g/mol. The van der Waals surface area contributed by atoms with Crippen molar-refractivity contribution in [3.8, 4) is 17.2 Å². The van der Waals surface area contributed by atoms with Crippen molar-refractivity contribution in [1.82, 2.24) is 10.2 Å². The van der Waals surface area contributed by atoms with Gasteiger partial charge in [-0.25, -0.2) is 0 Å². The van der Waals surface area contributed by atoms with E-state index >= 15 is 0 Å². The van der Waals surface area contributed by atoms with E-state index in [2.05, 4.69) is 10.2 Å². The van der Waals surface area contributed by atoms with Crippen LogP contribution in [0.15, 0.2) is 28.7 Å². The van der Waals surface area contributed by atoms with Crippen LogP contribution in [0.4, 0.5) is 0 Å². The summed E-state index contributed by atoms with van der Waals surface area (Å²) < 4.78 is 10.2. The third-order valence-electron chi connectivity index (χ3n) is 2.10. The molecule has 6 nitrogen and oxygen atoms in total. The summed E-state index contributed by atoms with van der Waals surface area (Å²) in [5, 5.41) is 17.7. The van der Waals surface area contributed by atoms with Gasteiger partial charge in [0.05, 0.1) is 19.5 Å². The average molecular weight is 233 g/mol. The highest BCUT2D eigenvalue weighted by atomic mass is 16.5. The van der Waals surface area contributed by atoms with E-state index < -0.39 is 5.97 Å². The Morgan fingerprint density at radius 3 is 2.65 bits per heavy atom. The maximum atomic E-state index is 10.3. The minimum Gasteiger partial charge on any atom is -0.550 e. The van der Waals surface area contributed by atoms with Gasteiger partial charge in [0.15, 0.2) is 0 Å². The molecule has 0 unspecified atom stereocenters. The van der Waals surface area contributed by atoms with E-state index in [0.717, 1.165) is 0 Å². The number of rotatable bonds is 4. The smallest absolute Gasteiger partial charge is 0.247 e. The number of carbonyl (C=O) groups excluding carboxylic acids is 1. The molecule has 0 aliphatic rings. The van der Waals surface area contributed by atoms with Gasteiger partial charge in [-0.05, 0) is 24.3 Å². The first-order valence-corrected chi connectivity index (χ1v) is 4.85. The zero-order chi connectivity index (χ0) is 12.3. The highest BCUT2D eigenvalue weighted by molar-refractivity contribution is 5.66. The van der Waals surface area contributed by atoms with Crippen LogP contribution in [0, 0.1) is 0 Å². The third kappa shape index (κ3) is 2.60. The molecule has 17 heavy (non-hydrogen) atoms. The van der Waals surface area contributed by atoms with Crippen LogP contribution in [0.5, 0.6) is 5.75 Å². The van der Waals surface area contributed by atoms with Gasteiger partial charge in [-0.3, -0.25) is 0 Å². The van der Waals surface area contributed by atoms with Crippen LogP contribution < -0.4 is 9.84 Å². The molecule has 0 saturated carbocycles. The largest absolute Gasteiger partial charge is 0.550 e. The summed E-state index contributed by atoms with van der Waals surface area (Å²) in [5.74, 6) is -0.252. The number of carbonyl (C=O) groups is 1. The first kappa shape index (κ1) is 11.1. The van der Waals surface area contributed by atoms with Crippen molar-refractivity contribution in [3.63, 3.8) is 0 Å². The van der Waals surface area contributed by atoms with Crippen molar-refractivity contribution >= 4 is 5.97 Å². The van der Waals surface area contributed by atoms with Gasteiger partial charge < -0.3 is 19.1 Å². The zero-order valence-electron chi connectivity index (χ0n) is 9.04. The van der Waals surface area contributed by atoms with E-state index in [1.54, 1.807) is 31.4 Å². The molecule has 0 radical (unpaired) electrons. The normalized spacial score (nSPS) is 10.2. The maximum absolute atomic E-state index is 10.3. The Kier molecular flexibility index (Phi) is 3.04. The SMILES string of the molecule is COc1ccc(-c2nnc(CC(=O)[O-])o2)cc1. The molecule has 0 saturated heterocycles. The highest BCUT2D eigenvalue weighted by Crippen LogP contribution is 2.21. The average Bonchev–Trinajstić information content (AvgIpc) is 2.77. The Balaban J connectivity index is 2.21. The number of hydrogen-bond donors (Lipinski definition) is 0. The second-order valence-electron chi connectivity index (χ2n) is 3.28. The van der Waals surface area contributed by atoms with Crippen LogP contribution in [0.1, 0.15) is 5.89 Å². The molecule has 2 rings (SSSR count). The minimum absolute atomic E-state index is 0.0239. The number of hydrogen-bond acceptors (Lipinski definition) is 6. The predicted molar refractivity (Wildman–Crippen MR) is 55.0 cm³/mol. The van der Waals surface area contributed by atoms with Gasteiger partial charge in [0, 0.05) is 5.56 Å². The zero-order valence-corrected chi connectivity index (χ0v) is 9.04. The Bertz CT molecular complexity index is 519. The van der Waals surface area contributed by atoms with Crippen molar-refractivity contribution in [2.45, 2.75) is 6.42 Å². The molecule has 0 N–H and O–H groups in total. The second-order valence-corrected chi connectivity index (χ2v) is 3.28. The van der Waals surface area contributed by atoms with Crippen LogP contribution >= 0.6 is 0 Å². The molecule has 6 heteroatoms. The fourth-order valence-electron chi connectivity index (χ4n) is 1.30. The van der Waals surface area contributed by atoms with E-state index in [0.29, 0.717) is 11.3 Å². The van der Waals surface area contributed by atoms with Gasteiger partial charge in [0.2, 0.25) is 11.8 Å².